The standard InChI is InChI=1S/C32H30N3O6S/c1-4-39-26-17-22(13-16-25(26)41-19-21-11-14-24(34-38)15-12-21)18-27-30(36)35-29(23-9-7-6-8-10-23)28(31(37)40-5-2)20(3)33-32(35)42-27/h6-18,29,34H,4-5,19H2,1-3H3/q-1/b27-18-. The van der Waals surface area contributed by atoms with Gasteiger partial charge in [-0.2, -0.15) is 0 Å². The Kier molecular flexibility index (Phi) is 8.85. The van der Waals surface area contributed by atoms with Crippen molar-refractivity contribution in [1.29, 1.82) is 0 Å². The number of rotatable bonds is 10. The first-order chi connectivity index (χ1) is 20.4. The van der Waals surface area contributed by atoms with Crippen LogP contribution in [-0.4, -0.2) is 23.8 Å². The predicted molar refractivity (Wildman–Crippen MR) is 162 cm³/mol. The van der Waals surface area contributed by atoms with Gasteiger partial charge >= 0.3 is 5.97 Å². The fourth-order valence-corrected chi connectivity index (χ4v) is 5.77. The number of carbonyl (C=O) groups excluding carboxylic acids is 1. The van der Waals surface area contributed by atoms with Crippen molar-refractivity contribution in [2.75, 3.05) is 18.7 Å². The summed E-state index contributed by atoms with van der Waals surface area (Å²) in [5, 5.41) is 10.8. The molecule has 0 saturated carbocycles. The third kappa shape index (κ3) is 6.00. The number of nitrogens with zero attached hydrogens (tertiary/aromatic N) is 2. The van der Waals surface area contributed by atoms with E-state index in [2.05, 4.69) is 4.99 Å². The van der Waals surface area contributed by atoms with Crippen LogP contribution in [0.1, 0.15) is 43.5 Å². The van der Waals surface area contributed by atoms with Crippen LogP contribution in [0.4, 0.5) is 5.69 Å². The van der Waals surface area contributed by atoms with E-state index in [4.69, 9.17) is 14.2 Å². The Morgan fingerprint density at radius 3 is 2.48 bits per heavy atom. The molecule has 1 atom stereocenters. The van der Waals surface area contributed by atoms with Crippen LogP contribution in [0.25, 0.3) is 6.08 Å². The Morgan fingerprint density at radius 1 is 1.02 bits per heavy atom. The second-order valence-electron chi connectivity index (χ2n) is 9.44. The Morgan fingerprint density at radius 2 is 1.79 bits per heavy atom. The molecule has 1 unspecified atom stereocenters. The topological polar surface area (TPSA) is 114 Å². The molecule has 10 heteroatoms. The molecule has 4 aromatic rings. The lowest BCUT2D eigenvalue weighted by Gasteiger charge is -2.24. The lowest BCUT2D eigenvalue weighted by molar-refractivity contribution is -0.139. The summed E-state index contributed by atoms with van der Waals surface area (Å²) in [4.78, 5) is 32.0. The lowest BCUT2D eigenvalue weighted by atomic mass is 9.96. The number of esters is 1. The number of nitrogens with one attached hydrogen (secondary N) is 1. The number of hydrogen-bond donors (Lipinski definition) is 1. The van der Waals surface area contributed by atoms with E-state index in [1.54, 1.807) is 42.7 Å². The third-order valence-corrected chi connectivity index (χ3v) is 7.65. The van der Waals surface area contributed by atoms with Gasteiger partial charge < -0.3 is 24.9 Å². The smallest absolute Gasteiger partial charge is 0.338 e. The van der Waals surface area contributed by atoms with Gasteiger partial charge in [0.1, 0.15) is 6.61 Å². The second kappa shape index (κ2) is 12.9. The maximum Gasteiger partial charge on any atom is 0.338 e. The summed E-state index contributed by atoms with van der Waals surface area (Å²) < 4.78 is 19.2. The average molecular weight is 585 g/mol. The minimum Gasteiger partial charge on any atom is -0.761 e. The zero-order valence-corrected chi connectivity index (χ0v) is 24.3. The van der Waals surface area contributed by atoms with Crippen LogP contribution in [0, 0.1) is 5.21 Å². The van der Waals surface area contributed by atoms with Gasteiger partial charge in [0, 0.05) is 5.69 Å². The number of benzene rings is 3. The van der Waals surface area contributed by atoms with Crippen molar-refractivity contribution in [1.82, 2.24) is 4.57 Å². The second-order valence-corrected chi connectivity index (χ2v) is 10.4. The van der Waals surface area contributed by atoms with Crippen LogP contribution >= 0.6 is 11.3 Å². The highest BCUT2D eigenvalue weighted by molar-refractivity contribution is 7.07. The summed E-state index contributed by atoms with van der Waals surface area (Å²) in [6.45, 7) is 6.34. The van der Waals surface area contributed by atoms with Gasteiger partial charge in [-0.15, -0.1) is 0 Å². The van der Waals surface area contributed by atoms with E-state index in [9.17, 15) is 14.8 Å². The fraction of sp³-hybridized carbons (Fsp3) is 0.219. The van der Waals surface area contributed by atoms with Gasteiger partial charge in [-0.05, 0) is 67.8 Å². The van der Waals surface area contributed by atoms with Gasteiger partial charge in [-0.25, -0.2) is 9.79 Å². The van der Waals surface area contributed by atoms with Gasteiger partial charge in [0.2, 0.25) is 0 Å². The zero-order valence-electron chi connectivity index (χ0n) is 23.5. The van der Waals surface area contributed by atoms with Crippen LogP contribution in [0.3, 0.4) is 0 Å². The minimum absolute atomic E-state index is 0.217. The molecule has 216 valence electrons. The summed E-state index contributed by atoms with van der Waals surface area (Å²) in [6, 6.07) is 21.2. The monoisotopic (exact) mass is 584 g/mol. The molecule has 1 aromatic heterocycles. The van der Waals surface area contributed by atoms with E-state index in [0.29, 0.717) is 51.0 Å². The molecule has 5 rings (SSSR count). The third-order valence-electron chi connectivity index (χ3n) is 6.66. The molecule has 2 heterocycles. The summed E-state index contributed by atoms with van der Waals surface area (Å²) in [6.07, 6.45) is 1.79. The predicted octanol–water partition coefficient (Wildman–Crippen LogP) is 4.69. The van der Waals surface area contributed by atoms with E-state index in [-0.39, 0.29) is 12.2 Å². The Bertz CT molecular complexity index is 1790. The van der Waals surface area contributed by atoms with E-state index in [1.165, 1.54) is 11.3 Å². The molecule has 1 N–H and O–H groups in total. The average Bonchev–Trinajstić information content (AvgIpc) is 3.30. The quantitative estimate of drug-likeness (QED) is 0.213. The molecule has 0 fully saturated rings. The first kappa shape index (κ1) is 28.8. The van der Waals surface area contributed by atoms with Gasteiger partial charge in [0.15, 0.2) is 16.3 Å². The largest absolute Gasteiger partial charge is 0.761 e. The molecule has 42 heavy (non-hydrogen) atoms. The summed E-state index contributed by atoms with van der Waals surface area (Å²) in [5.74, 6) is 0.608. The summed E-state index contributed by atoms with van der Waals surface area (Å²) >= 11 is 1.26. The number of anilines is 1. The molecule has 3 aromatic carbocycles. The summed E-state index contributed by atoms with van der Waals surface area (Å²) in [7, 11) is 0. The molecular weight excluding hydrogens is 554 g/mol. The van der Waals surface area contributed by atoms with Crippen molar-refractivity contribution in [2.45, 2.75) is 33.4 Å². The van der Waals surface area contributed by atoms with Crippen molar-refractivity contribution >= 4 is 29.1 Å². The van der Waals surface area contributed by atoms with Crippen molar-refractivity contribution in [3.05, 3.63) is 126 Å². The first-order valence-electron chi connectivity index (χ1n) is 13.5. The zero-order chi connectivity index (χ0) is 29.6. The maximum absolute atomic E-state index is 13.8. The number of thiazole rings is 1. The van der Waals surface area contributed by atoms with Crippen molar-refractivity contribution in [2.24, 2.45) is 4.99 Å². The molecule has 9 nitrogen and oxygen atoms in total. The van der Waals surface area contributed by atoms with Crippen LogP contribution in [0.15, 0.2) is 93.9 Å². The first-order valence-corrected chi connectivity index (χ1v) is 14.4. The normalized spacial score (nSPS) is 14.7. The molecule has 1 aliphatic heterocycles. The van der Waals surface area contributed by atoms with E-state index >= 15 is 0 Å². The molecule has 0 saturated heterocycles. The summed E-state index contributed by atoms with van der Waals surface area (Å²) in [5.41, 5.74) is 5.39. The fourth-order valence-electron chi connectivity index (χ4n) is 4.73. The van der Waals surface area contributed by atoms with Gasteiger partial charge in [-0.3, -0.25) is 9.36 Å². The molecule has 1 aliphatic rings. The number of allylic oxidation sites excluding steroid dienone is 1. The number of aromatic nitrogens is 1. The van der Waals surface area contributed by atoms with Crippen LogP contribution in [0.2, 0.25) is 0 Å². The molecule has 0 spiro atoms. The maximum atomic E-state index is 13.8. The Hall–Kier alpha value is -4.67. The number of hydrogen-bond acceptors (Lipinski definition) is 9. The van der Waals surface area contributed by atoms with Crippen molar-refractivity contribution in [3.63, 3.8) is 0 Å². The molecular formula is C32H30N3O6S-. The molecule has 0 amide bonds. The molecule has 0 radical (unpaired) electrons. The van der Waals surface area contributed by atoms with Crippen LogP contribution in [-0.2, 0) is 16.1 Å². The van der Waals surface area contributed by atoms with Gasteiger partial charge in [0.25, 0.3) is 5.56 Å². The SMILES string of the molecule is CCOC(=O)C1=C(C)N=c2s/c(=C\c3ccc(OCc4ccc(N[O-])cc4)c(OCC)c3)c(=O)n2C1c1ccccc1. The number of fused-ring (bicyclic) bond motifs is 1. The number of carbonyl (C=O) groups is 1. The highest BCUT2D eigenvalue weighted by Crippen LogP contribution is 2.31. The Labute approximate surface area is 246 Å². The van der Waals surface area contributed by atoms with Gasteiger partial charge in [-0.1, -0.05) is 59.9 Å². The van der Waals surface area contributed by atoms with Gasteiger partial charge in [0.05, 0.1) is 35.1 Å². The minimum atomic E-state index is -0.656. The lowest BCUT2D eigenvalue weighted by Crippen LogP contribution is -2.39. The van der Waals surface area contributed by atoms with Crippen molar-refractivity contribution in [3.8, 4) is 11.5 Å². The highest BCUT2D eigenvalue weighted by atomic mass is 32.1. The van der Waals surface area contributed by atoms with Crippen LogP contribution < -0.4 is 29.8 Å². The van der Waals surface area contributed by atoms with E-state index in [0.717, 1.165) is 16.7 Å². The number of ether oxygens (including phenoxy) is 3. The Balaban J connectivity index is 1.51. The van der Waals surface area contributed by atoms with Crippen LogP contribution in [0.5, 0.6) is 11.5 Å². The van der Waals surface area contributed by atoms with E-state index < -0.39 is 12.0 Å². The highest BCUT2D eigenvalue weighted by Gasteiger charge is 2.33. The molecule has 0 aliphatic carbocycles. The molecule has 0 bridgehead atoms. The van der Waals surface area contributed by atoms with Crippen molar-refractivity contribution < 1.29 is 19.0 Å². The van der Waals surface area contributed by atoms with E-state index in [1.807, 2.05) is 67.0 Å².